The van der Waals surface area contributed by atoms with E-state index in [9.17, 15) is 14.4 Å². The summed E-state index contributed by atoms with van der Waals surface area (Å²) in [6.45, 7) is 7.42. The number of rotatable bonds is 7. The van der Waals surface area contributed by atoms with Gasteiger partial charge >= 0.3 is 11.9 Å². The van der Waals surface area contributed by atoms with E-state index in [1.165, 1.54) is 14.2 Å². The van der Waals surface area contributed by atoms with Crippen LogP contribution in [0, 0.1) is 11.8 Å². The minimum Gasteiger partial charge on any atom is -0.493 e. The van der Waals surface area contributed by atoms with Crippen LogP contribution in [0.5, 0.6) is 11.5 Å². The molecular weight excluding hydrogens is 426 g/mol. The normalized spacial score (nSPS) is 22.4. The Morgan fingerprint density at radius 3 is 2.39 bits per heavy atom. The first kappa shape index (κ1) is 24.4. The first-order valence-corrected chi connectivity index (χ1v) is 11.1. The average Bonchev–Trinajstić information content (AvgIpc) is 2.77. The van der Waals surface area contributed by atoms with Gasteiger partial charge < -0.3 is 24.3 Å². The Kier molecular flexibility index (Phi) is 7.46. The molecular formula is C25H31NO7. The first-order valence-electron chi connectivity index (χ1n) is 11.1. The minimum atomic E-state index is -0.952. The summed E-state index contributed by atoms with van der Waals surface area (Å²) in [6, 6.07) is 5.31. The van der Waals surface area contributed by atoms with Crippen molar-refractivity contribution in [1.29, 1.82) is 0 Å². The van der Waals surface area contributed by atoms with Crippen molar-refractivity contribution in [2.45, 2.75) is 40.0 Å². The van der Waals surface area contributed by atoms with Crippen LogP contribution in [-0.4, -0.2) is 45.2 Å². The Balaban J connectivity index is 2.26. The SMILES string of the molecule is CCOC(=O)C1=C(C)NC2=C(C(=O)[C@H](C(=O)OCC)[C@@H](C)C2)[C@@H]1c1cccc(OC)c1OC. The number of nitrogens with one attached hydrogen (secondary N) is 1. The predicted octanol–water partition coefficient (Wildman–Crippen LogP) is 3.27. The van der Waals surface area contributed by atoms with Crippen LogP contribution in [0.25, 0.3) is 0 Å². The number of allylic oxidation sites excluding steroid dienone is 3. The highest BCUT2D eigenvalue weighted by atomic mass is 16.5. The molecule has 0 saturated carbocycles. The standard InChI is InChI=1S/C25H31NO7/c1-7-32-24(28)18-13(3)12-16-21(22(18)27)20(19(14(4)26-16)25(29)33-8-2)15-10-9-11-17(30-5)23(15)31-6/h9-11,13,18,20,26H,7-8,12H2,1-6H3/t13-,18+,20+/m0/s1. The van der Waals surface area contributed by atoms with Gasteiger partial charge in [-0.25, -0.2) is 4.79 Å². The Labute approximate surface area is 193 Å². The first-order chi connectivity index (χ1) is 15.8. The van der Waals surface area contributed by atoms with E-state index in [0.717, 1.165) is 0 Å². The summed E-state index contributed by atoms with van der Waals surface area (Å²) < 4.78 is 21.7. The summed E-state index contributed by atoms with van der Waals surface area (Å²) in [5.74, 6) is -2.58. The lowest BCUT2D eigenvalue weighted by molar-refractivity contribution is -0.153. The lowest BCUT2D eigenvalue weighted by atomic mass is 9.69. The van der Waals surface area contributed by atoms with E-state index in [-0.39, 0.29) is 24.9 Å². The molecule has 0 fully saturated rings. The highest BCUT2D eigenvalue weighted by Crippen LogP contribution is 2.49. The van der Waals surface area contributed by atoms with Gasteiger partial charge in [0, 0.05) is 22.5 Å². The maximum atomic E-state index is 13.8. The summed E-state index contributed by atoms with van der Waals surface area (Å²) in [7, 11) is 3.02. The third kappa shape index (κ3) is 4.34. The summed E-state index contributed by atoms with van der Waals surface area (Å²) >= 11 is 0. The summed E-state index contributed by atoms with van der Waals surface area (Å²) in [4.78, 5) is 39.6. The molecule has 0 bridgehead atoms. The molecule has 1 aliphatic heterocycles. The van der Waals surface area contributed by atoms with Crippen LogP contribution in [0.15, 0.2) is 40.7 Å². The number of benzene rings is 1. The molecule has 0 spiro atoms. The van der Waals surface area contributed by atoms with E-state index in [4.69, 9.17) is 18.9 Å². The highest BCUT2D eigenvalue weighted by molar-refractivity contribution is 6.12. The smallest absolute Gasteiger partial charge is 0.336 e. The van der Waals surface area contributed by atoms with Crippen LogP contribution in [0.4, 0.5) is 0 Å². The fourth-order valence-electron chi connectivity index (χ4n) is 4.72. The van der Waals surface area contributed by atoms with Crippen molar-refractivity contribution in [1.82, 2.24) is 5.32 Å². The molecule has 8 nitrogen and oxygen atoms in total. The second kappa shape index (κ2) is 10.1. The molecule has 3 atom stereocenters. The molecule has 0 radical (unpaired) electrons. The van der Waals surface area contributed by atoms with Gasteiger partial charge in [0.1, 0.15) is 5.92 Å². The number of carbonyl (C=O) groups excluding carboxylic acids is 3. The van der Waals surface area contributed by atoms with Crippen molar-refractivity contribution in [2.24, 2.45) is 11.8 Å². The number of Topliss-reactive ketones (excluding diaryl/α,β-unsaturated/α-hetero) is 1. The van der Waals surface area contributed by atoms with Gasteiger partial charge in [-0.3, -0.25) is 9.59 Å². The van der Waals surface area contributed by atoms with Crippen molar-refractivity contribution in [3.8, 4) is 11.5 Å². The monoisotopic (exact) mass is 457 g/mol. The summed E-state index contributed by atoms with van der Waals surface area (Å²) in [5, 5.41) is 3.24. The molecule has 1 aromatic rings. The minimum absolute atomic E-state index is 0.180. The van der Waals surface area contributed by atoms with Crippen molar-refractivity contribution < 1.29 is 33.3 Å². The van der Waals surface area contributed by atoms with Crippen molar-refractivity contribution in [3.63, 3.8) is 0 Å². The highest BCUT2D eigenvalue weighted by Gasteiger charge is 2.48. The lowest BCUT2D eigenvalue weighted by Crippen LogP contribution is -2.43. The fraction of sp³-hybridized carbons (Fsp3) is 0.480. The quantitative estimate of drug-likeness (QED) is 0.492. The molecule has 0 aromatic heterocycles. The molecule has 0 amide bonds. The van der Waals surface area contributed by atoms with Crippen LogP contribution in [0.2, 0.25) is 0 Å². The molecule has 1 N–H and O–H groups in total. The van der Waals surface area contributed by atoms with Crippen molar-refractivity contribution >= 4 is 17.7 Å². The zero-order valence-electron chi connectivity index (χ0n) is 19.9. The number of carbonyl (C=O) groups is 3. The van der Waals surface area contributed by atoms with Crippen molar-refractivity contribution in [2.75, 3.05) is 27.4 Å². The van der Waals surface area contributed by atoms with E-state index < -0.39 is 23.8 Å². The van der Waals surface area contributed by atoms with Gasteiger partial charge in [-0.05, 0) is 39.2 Å². The fourth-order valence-corrected chi connectivity index (χ4v) is 4.72. The number of ketones is 1. The second-order valence-electron chi connectivity index (χ2n) is 8.07. The predicted molar refractivity (Wildman–Crippen MR) is 121 cm³/mol. The number of esters is 2. The Morgan fingerprint density at radius 2 is 1.79 bits per heavy atom. The molecule has 178 valence electrons. The molecule has 1 aromatic carbocycles. The Hall–Kier alpha value is -3.29. The van der Waals surface area contributed by atoms with Gasteiger partial charge in [0.25, 0.3) is 0 Å². The number of hydrogen-bond acceptors (Lipinski definition) is 8. The van der Waals surface area contributed by atoms with Gasteiger partial charge in [0.05, 0.1) is 38.9 Å². The summed E-state index contributed by atoms with van der Waals surface area (Å²) in [6.07, 6.45) is 0.459. The second-order valence-corrected chi connectivity index (χ2v) is 8.07. The Morgan fingerprint density at radius 1 is 1.09 bits per heavy atom. The number of hydrogen-bond donors (Lipinski definition) is 1. The lowest BCUT2D eigenvalue weighted by Gasteiger charge is -2.38. The molecule has 1 aliphatic carbocycles. The molecule has 33 heavy (non-hydrogen) atoms. The van der Waals surface area contributed by atoms with Gasteiger partial charge in [-0.2, -0.15) is 0 Å². The third-order valence-electron chi connectivity index (χ3n) is 6.07. The zero-order valence-corrected chi connectivity index (χ0v) is 19.9. The van der Waals surface area contributed by atoms with Crippen LogP contribution >= 0.6 is 0 Å². The number of methoxy groups -OCH3 is 2. The largest absolute Gasteiger partial charge is 0.493 e. The number of ether oxygens (including phenoxy) is 4. The maximum absolute atomic E-state index is 13.8. The van der Waals surface area contributed by atoms with Crippen LogP contribution < -0.4 is 14.8 Å². The zero-order chi connectivity index (χ0) is 24.3. The molecule has 2 aliphatic rings. The van der Waals surface area contributed by atoms with E-state index in [1.807, 2.05) is 6.92 Å². The topological polar surface area (TPSA) is 100 Å². The van der Waals surface area contributed by atoms with E-state index in [1.54, 1.807) is 39.0 Å². The Bertz CT molecular complexity index is 1020. The van der Waals surface area contributed by atoms with Crippen LogP contribution in [-0.2, 0) is 23.9 Å². The molecule has 8 heteroatoms. The van der Waals surface area contributed by atoms with Gasteiger partial charge in [-0.15, -0.1) is 0 Å². The van der Waals surface area contributed by atoms with Gasteiger partial charge in [0.2, 0.25) is 0 Å². The maximum Gasteiger partial charge on any atom is 0.336 e. The van der Waals surface area contributed by atoms with Crippen molar-refractivity contribution in [3.05, 3.63) is 46.3 Å². The molecule has 0 saturated heterocycles. The van der Waals surface area contributed by atoms with E-state index >= 15 is 0 Å². The number of dihydropyridines is 1. The molecule has 3 rings (SSSR count). The molecule has 1 heterocycles. The van der Waals surface area contributed by atoms with Crippen LogP contribution in [0.3, 0.4) is 0 Å². The molecule has 0 unspecified atom stereocenters. The van der Waals surface area contributed by atoms with E-state index in [2.05, 4.69) is 5.32 Å². The van der Waals surface area contributed by atoms with E-state index in [0.29, 0.717) is 46.0 Å². The van der Waals surface area contributed by atoms with Gasteiger partial charge in [-0.1, -0.05) is 19.1 Å². The van der Waals surface area contributed by atoms with Crippen LogP contribution in [0.1, 0.15) is 45.6 Å². The number of para-hydroxylation sites is 1. The summed E-state index contributed by atoms with van der Waals surface area (Å²) in [5.41, 5.74) is 2.52. The third-order valence-corrected chi connectivity index (χ3v) is 6.07. The average molecular weight is 458 g/mol. The van der Waals surface area contributed by atoms with Gasteiger partial charge in [0.15, 0.2) is 17.3 Å².